The number of hydrogen-bond acceptors (Lipinski definition) is 4. The van der Waals surface area contributed by atoms with Gasteiger partial charge in [0.2, 0.25) is 5.89 Å². The van der Waals surface area contributed by atoms with Gasteiger partial charge in [0.1, 0.15) is 0 Å². The van der Waals surface area contributed by atoms with E-state index in [2.05, 4.69) is 29.3 Å². The van der Waals surface area contributed by atoms with Crippen molar-refractivity contribution >= 4 is 0 Å². The lowest BCUT2D eigenvalue weighted by atomic mass is 10.1. The van der Waals surface area contributed by atoms with Gasteiger partial charge in [-0.3, -0.25) is 0 Å². The van der Waals surface area contributed by atoms with E-state index < -0.39 is 0 Å². The maximum atomic E-state index is 5.19. The zero-order valence-electron chi connectivity index (χ0n) is 8.79. The minimum atomic E-state index is 0.351. The molecule has 4 heteroatoms. The van der Waals surface area contributed by atoms with Crippen LogP contribution in [0.1, 0.15) is 44.3 Å². The Morgan fingerprint density at radius 3 is 3.00 bits per heavy atom. The summed E-state index contributed by atoms with van der Waals surface area (Å²) >= 11 is 0. The Bertz CT molecular complexity index is 289. The second-order valence-corrected chi connectivity index (χ2v) is 4.20. The first-order valence-corrected chi connectivity index (χ1v) is 5.31. The van der Waals surface area contributed by atoms with Crippen molar-refractivity contribution < 1.29 is 4.52 Å². The predicted octanol–water partition coefficient (Wildman–Crippen LogP) is 1.49. The molecule has 0 radical (unpaired) electrons. The first-order chi connectivity index (χ1) is 6.75. The molecule has 2 heterocycles. The molecule has 1 N–H and O–H groups in total. The minimum Gasteiger partial charge on any atom is -0.339 e. The van der Waals surface area contributed by atoms with Crippen molar-refractivity contribution in [2.75, 3.05) is 6.54 Å². The molecule has 0 unspecified atom stereocenters. The smallest absolute Gasteiger partial charge is 0.228 e. The highest BCUT2D eigenvalue weighted by Crippen LogP contribution is 2.13. The number of aromatic nitrogens is 2. The van der Waals surface area contributed by atoms with Crippen molar-refractivity contribution in [1.29, 1.82) is 0 Å². The Morgan fingerprint density at radius 2 is 2.43 bits per heavy atom. The molecule has 1 aromatic rings. The van der Waals surface area contributed by atoms with Crippen LogP contribution in [0.2, 0.25) is 0 Å². The molecular formula is C10H17N3O. The van der Waals surface area contributed by atoms with Crippen molar-refractivity contribution in [3.8, 4) is 0 Å². The average Bonchev–Trinajstić information content (AvgIpc) is 2.75. The van der Waals surface area contributed by atoms with Gasteiger partial charge in [-0.2, -0.15) is 4.98 Å². The highest BCUT2D eigenvalue weighted by molar-refractivity contribution is 4.94. The largest absolute Gasteiger partial charge is 0.339 e. The summed E-state index contributed by atoms with van der Waals surface area (Å²) in [6.45, 7) is 5.26. The predicted molar refractivity (Wildman–Crippen MR) is 53.1 cm³/mol. The lowest BCUT2D eigenvalue weighted by Crippen LogP contribution is -2.23. The molecule has 1 aromatic heterocycles. The monoisotopic (exact) mass is 195 g/mol. The normalized spacial score (nSPS) is 22.1. The van der Waals surface area contributed by atoms with Crippen LogP contribution in [0.4, 0.5) is 0 Å². The van der Waals surface area contributed by atoms with Crippen LogP contribution in [0.25, 0.3) is 0 Å². The summed E-state index contributed by atoms with van der Waals surface area (Å²) in [7, 11) is 0. The van der Waals surface area contributed by atoms with Crippen molar-refractivity contribution in [3.05, 3.63) is 11.7 Å². The Labute approximate surface area is 84.1 Å². The summed E-state index contributed by atoms with van der Waals surface area (Å²) in [6.07, 6.45) is 3.36. The molecular weight excluding hydrogens is 178 g/mol. The van der Waals surface area contributed by atoms with Crippen molar-refractivity contribution in [1.82, 2.24) is 15.5 Å². The van der Waals surface area contributed by atoms with Crippen LogP contribution in [-0.2, 0) is 6.42 Å². The Kier molecular flexibility index (Phi) is 2.82. The van der Waals surface area contributed by atoms with Crippen molar-refractivity contribution in [2.45, 2.75) is 45.1 Å². The maximum absolute atomic E-state index is 5.19. The molecule has 1 atom stereocenters. The van der Waals surface area contributed by atoms with Gasteiger partial charge < -0.3 is 9.84 Å². The summed E-state index contributed by atoms with van der Waals surface area (Å²) in [5.74, 6) is 1.94. The zero-order valence-corrected chi connectivity index (χ0v) is 8.79. The van der Waals surface area contributed by atoms with Gasteiger partial charge in [0.15, 0.2) is 5.82 Å². The fourth-order valence-corrected chi connectivity index (χ4v) is 1.73. The zero-order chi connectivity index (χ0) is 9.97. The molecule has 1 aliphatic heterocycles. The second kappa shape index (κ2) is 4.09. The SMILES string of the molecule is CC(C)c1noc(C[C@H]2CCCN2)n1. The van der Waals surface area contributed by atoms with Crippen molar-refractivity contribution in [3.63, 3.8) is 0 Å². The summed E-state index contributed by atoms with van der Waals surface area (Å²) in [4.78, 5) is 4.36. The molecule has 14 heavy (non-hydrogen) atoms. The van der Waals surface area contributed by atoms with E-state index in [9.17, 15) is 0 Å². The lowest BCUT2D eigenvalue weighted by molar-refractivity contribution is 0.358. The van der Waals surface area contributed by atoms with Crippen LogP contribution < -0.4 is 5.32 Å². The molecule has 4 nitrogen and oxygen atoms in total. The van der Waals surface area contributed by atoms with Gasteiger partial charge in [-0.05, 0) is 19.4 Å². The highest BCUT2D eigenvalue weighted by Gasteiger charge is 2.18. The van der Waals surface area contributed by atoms with Gasteiger partial charge in [-0.1, -0.05) is 19.0 Å². The standard InChI is InChI=1S/C10H17N3O/c1-7(2)10-12-9(14-13-10)6-8-4-3-5-11-8/h7-8,11H,3-6H2,1-2H3/t8-/m1/s1. The van der Waals surface area contributed by atoms with E-state index in [0.29, 0.717) is 12.0 Å². The second-order valence-electron chi connectivity index (χ2n) is 4.20. The first kappa shape index (κ1) is 9.65. The van der Waals surface area contributed by atoms with Crippen LogP contribution in [0.3, 0.4) is 0 Å². The van der Waals surface area contributed by atoms with E-state index in [-0.39, 0.29) is 0 Å². The van der Waals surface area contributed by atoms with E-state index in [1.54, 1.807) is 0 Å². The molecule has 78 valence electrons. The van der Waals surface area contributed by atoms with Crippen LogP contribution in [0.15, 0.2) is 4.52 Å². The van der Waals surface area contributed by atoms with Crippen molar-refractivity contribution in [2.24, 2.45) is 0 Å². The van der Waals surface area contributed by atoms with Crippen LogP contribution >= 0.6 is 0 Å². The molecule has 0 aliphatic carbocycles. The molecule has 1 saturated heterocycles. The Balaban J connectivity index is 1.95. The van der Waals surface area contributed by atoms with Crippen LogP contribution in [0, 0.1) is 0 Å². The van der Waals surface area contributed by atoms with Gasteiger partial charge >= 0.3 is 0 Å². The van der Waals surface area contributed by atoms with Gasteiger partial charge in [0, 0.05) is 18.4 Å². The number of nitrogens with one attached hydrogen (secondary N) is 1. The molecule has 0 amide bonds. The maximum Gasteiger partial charge on any atom is 0.228 e. The molecule has 1 aliphatic rings. The summed E-state index contributed by atoms with van der Waals surface area (Å²) in [5.41, 5.74) is 0. The lowest BCUT2D eigenvalue weighted by Gasteiger charge is -2.04. The third kappa shape index (κ3) is 2.12. The molecule has 1 fully saturated rings. The first-order valence-electron chi connectivity index (χ1n) is 5.31. The fourth-order valence-electron chi connectivity index (χ4n) is 1.73. The number of rotatable bonds is 3. The number of hydrogen-bond donors (Lipinski definition) is 1. The molecule has 2 rings (SSSR count). The van der Waals surface area contributed by atoms with E-state index in [4.69, 9.17) is 4.52 Å². The van der Waals surface area contributed by atoms with Gasteiger partial charge in [-0.25, -0.2) is 0 Å². The molecule has 0 aromatic carbocycles. The van der Waals surface area contributed by atoms with Crippen LogP contribution in [-0.4, -0.2) is 22.7 Å². The van der Waals surface area contributed by atoms with E-state index >= 15 is 0 Å². The van der Waals surface area contributed by atoms with E-state index in [1.165, 1.54) is 12.8 Å². The highest BCUT2D eigenvalue weighted by atomic mass is 16.5. The quantitative estimate of drug-likeness (QED) is 0.793. The molecule has 0 saturated carbocycles. The third-order valence-electron chi connectivity index (χ3n) is 2.58. The minimum absolute atomic E-state index is 0.351. The van der Waals surface area contributed by atoms with E-state index in [1.807, 2.05) is 0 Å². The molecule has 0 spiro atoms. The summed E-state index contributed by atoms with van der Waals surface area (Å²) < 4.78 is 5.19. The number of nitrogens with zero attached hydrogens (tertiary/aromatic N) is 2. The Hall–Kier alpha value is -0.900. The van der Waals surface area contributed by atoms with Gasteiger partial charge in [-0.15, -0.1) is 0 Å². The Morgan fingerprint density at radius 1 is 1.57 bits per heavy atom. The van der Waals surface area contributed by atoms with Gasteiger partial charge in [0.05, 0.1) is 0 Å². The summed E-state index contributed by atoms with van der Waals surface area (Å²) in [5, 5.41) is 7.36. The third-order valence-corrected chi connectivity index (χ3v) is 2.58. The van der Waals surface area contributed by atoms with Gasteiger partial charge in [0.25, 0.3) is 0 Å². The average molecular weight is 195 g/mol. The fraction of sp³-hybridized carbons (Fsp3) is 0.800. The molecule has 0 bridgehead atoms. The van der Waals surface area contributed by atoms with Crippen LogP contribution in [0.5, 0.6) is 0 Å². The summed E-state index contributed by atoms with van der Waals surface area (Å²) in [6, 6.07) is 0.537. The topological polar surface area (TPSA) is 51.0 Å². The van der Waals surface area contributed by atoms with E-state index in [0.717, 1.165) is 24.7 Å².